The number of halogens is 2. The number of rotatable bonds is 6. The maximum absolute atomic E-state index is 6.10. The summed E-state index contributed by atoms with van der Waals surface area (Å²) in [6.07, 6.45) is 1.12. The third-order valence-corrected chi connectivity index (χ3v) is 4.04. The molecule has 0 fully saturated rings. The summed E-state index contributed by atoms with van der Waals surface area (Å²) in [6, 6.07) is 6.56. The van der Waals surface area contributed by atoms with Gasteiger partial charge in [-0.15, -0.1) is 0 Å². The molecule has 0 saturated heterocycles. The molecule has 1 rings (SSSR count). The van der Waals surface area contributed by atoms with Crippen molar-refractivity contribution in [2.45, 2.75) is 39.3 Å². The quantitative estimate of drug-likeness (QED) is 0.844. The highest BCUT2D eigenvalue weighted by Crippen LogP contribution is 2.31. The van der Waals surface area contributed by atoms with Gasteiger partial charge in [-0.3, -0.25) is 4.90 Å². The highest BCUT2D eigenvalue weighted by Gasteiger charge is 2.22. The monoisotopic (exact) mass is 332 g/mol. The summed E-state index contributed by atoms with van der Waals surface area (Å²) in [7, 11) is 0. The fourth-order valence-electron chi connectivity index (χ4n) is 2.24. The lowest BCUT2D eigenvalue weighted by molar-refractivity contribution is 0.157. The molecule has 18 heavy (non-hydrogen) atoms. The van der Waals surface area contributed by atoms with Crippen molar-refractivity contribution in [3.8, 4) is 0 Å². The summed E-state index contributed by atoms with van der Waals surface area (Å²) in [5, 5.41) is 0.756. The Labute approximate surface area is 124 Å². The third-order valence-electron chi connectivity index (χ3n) is 3.09. The maximum atomic E-state index is 6.10. The van der Waals surface area contributed by atoms with Gasteiger partial charge in [0.2, 0.25) is 0 Å². The predicted molar refractivity (Wildman–Crippen MR) is 83.1 cm³/mol. The molecule has 0 aromatic heterocycles. The lowest BCUT2D eigenvalue weighted by Crippen LogP contribution is -2.39. The topological polar surface area (TPSA) is 29.3 Å². The van der Waals surface area contributed by atoms with E-state index in [-0.39, 0.29) is 6.04 Å². The molecular weight excluding hydrogens is 312 g/mol. The lowest BCUT2D eigenvalue weighted by Gasteiger charge is -2.35. The SMILES string of the molecule is CCCN(C(C)C)C(CN)c1cc(Cl)ccc1Br. The average Bonchev–Trinajstić information content (AvgIpc) is 2.33. The van der Waals surface area contributed by atoms with Crippen molar-refractivity contribution in [3.05, 3.63) is 33.3 Å². The van der Waals surface area contributed by atoms with Crippen LogP contribution in [0.5, 0.6) is 0 Å². The first-order valence-corrected chi connectivity index (χ1v) is 7.59. The molecule has 1 atom stereocenters. The number of hydrogen-bond donors (Lipinski definition) is 1. The van der Waals surface area contributed by atoms with Crippen LogP contribution in [-0.2, 0) is 0 Å². The van der Waals surface area contributed by atoms with Gasteiger partial charge in [0.1, 0.15) is 0 Å². The minimum Gasteiger partial charge on any atom is -0.329 e. The summed E-state index contributed by atoms with van der Waals surface area (Å²) in [5.74, 6) is 0. The predicted octanol–water partition coefficient (Wildman–Crippen LogP) is 4.22. The molecule has 0 amide bonds. The lowest BCUT2D eigenvalue weighted by atomic mass is 10.0. The van der Waals surface area contributed by atoms with Crippen LogP contribution in [0.2, 0.25) is 5.02 Å². The first-order valence-electron chi connectivity index (χ1n) is 6.42. The van der Waals surface area contributed by atoms with E-state index in [2.05, 4.69) is 41.6 Å². The van der Waals surface area contributed by atoms with Gasteiger partial charge in [-0.25, -0.2) is 0 Å². The Hall–Kier alpha value is -0.0900. The zero-order chi connectivity index (χ0) is 13.7. The van der Waals surface area contributed by atoms with Crippen molar-refractivity contribution in [2.24, 2.45) is 5.73 Å². The minimum absolute atomic E-state index is 0.207. The summed E-state index contributed by atoms with van der Waals surface area (Å²) < 4.78 is 1.07. The van der Waals surface area contributed by atoms with Crippen LogP contribution in [0.3, 0.4) is 0 Å². The standard InChI is InChI=1S/C14H22BrClN2/c1-4-7-18(10(2)3)14(9-17)12-8-11(16)5-6-13(12)15/h5-6,8,10,14H,4,7,9,17H2,1-3H3. The van der Waals surface area contributed by atoms with Gasteiger partial charge >= 0.3 is 0 Å². The van der Waals surface area contributed by atoms with E-state index in [1.165, 1.54) is 5.56 Å². The van der Waals surface area contributed by atoms with Crippen LogP contribution < -0.4 is 5.73 Å². The van der Waals surface area contributed by atoms with Crippen LogP contribution in [0.15, 0.2) is 22.7 Å². The Kier molecular flexibility index (Phi) is 6.64. The Bertz CT molecular complexity index is 382. The van der Waals surface area contributed by atoms with Crippen LogP contribution in [-0.4, -0.2) is 24.0 Å². The van der Waals surface area contributed by atoms with Crippen molar-refractivity contribution >= 4 is 27.5 Å². The van der Waals surface area contributed by atoms with E-state index in [0.717, 1.165) is 22.5 Å². The highest BCUT2D eigenvalue weighted by atomic mass is 79.9. The number of benzene rings is 1. The summed E-state index contributed by atoms with van der Waals surface area (Å²) in [4.78, 5) is 2.43. The van der Waals surface area contributed by atoms with Crippen molar-refractivity contribution in [3.63, 3.8) is 0 Å². The first kappa shape index (κ1) is 16.0. The summed E-state index contributed by atoms with van der Waals surface area (Å²) in [6.45, 7) is 8.24. The molecule has 0 saturated carbocycles. The Morgan fingerprint density at radius 1 is 1.39 bits per heavy atom. The third kappa shape index (κ3) is 3.95. The molecule has 1 aromatic carbocycles. The fourth-order valence-corrected chi connectivity index (χ4v) is 2.93. The molecule has 0 aliphatic carbocycles. The van der Waals surface area contributed by atoms with Crippen LogP contribution in [0.25, 0.3) is 0 Å². The molecule has 0 heterocycles. The molecular formula is C14H22BrClN2. The van der Waals surface area contributed by atoms with Gasteiger partial charge in [0.15, 0.2) is 0 Å². The van der Waals surface area contributed by atoms with E-state index in [0.29, 0.717) is 12.6 Å². The Balaban J connectivity index is 3.10. The smallest absolute Gasteiger partial charge is 0.0484 e. The molecule has 0 aliphatic heterocycles. The number of hydrogen-bond acceptors (Lipinski definition) is 2. The van der Waals surface area contributed by atoms with Gasteiger partial charge in [0.25, 0.3) is 0 Å². The van der Waals surface area contributed by atoms with Gasteiger partial charge in [0, 0.05) is 28.1 Å². The van der Waals surface area contributed by atoms with E-state index in [1.54, 1.807) is 0 Å². The zero-order valence-corrected chi connectivity index (χ0v) is 13.6. The maximum Gasteiger partial charge on any atom is 0.0484 e. The summed E-state index contributed by atoms with van der Waals surface area (Å²) in [5.41, 5.74) is 7.16. The molecule has 1 aromatic rings. The van der Waals surface area contributed by atoms with Gasteiger partial charge in [-0.1, -0.05) is 34.5 Å². The second-order valence-electron chi connectivity index (χ2n) is 4.75. The van der Waals surface area contributed by atoms with Crippen LogP contribution >= 0.6 is 27.5 Å². The van der Waals surface area contributed by atoms with Crippen molar-refractivity contribution in [2.75, 3.05) is 13.1 Å². The Morgan fingerprint density at radius 3 is 2.56 bits per heavy atom. The van der Waals surface area contributed by atoms with E-state index in [4.69, 9.17) is 17.3 Å². The van der Waals surface area contributed by atoms with Gasteiger partial charge in [-0.2, -0.15) is 0 Å². The van der Waals surface area contributed by atoms with Crippen molar-refractivity contribution < 1.29 is 0 Å². The van der Waals surface area contributed by atoms with E-state index in [9.17, 15) is 0 Å². The molecule has 0 spiro atoms. The number of nitrogens with two attached hydrogens (primary N) is 1. The largest absolute Gasteiger partial charge is 0.329 e. The Morgan fingerprint density at radius 2 is 2.06 bits per heavy atom. The molecule has 0 bridgehead atoms. The van der Waals surface area contributed by atoms with Crippen molar-refractivity contribution in [1.82, 2.24) is 4.90 Å². The molecule has 2 nitrogen and oxygen atoms in total. The molecule has 0 aliphatic rings. The van der Waals surface area contributed by atoms with E-state index < -0.39 is 0 Å². The second kappa shape index (κ2) is 7.49. The molecule has 0 radical (unpaired) electrons. The molecule has 4 heteroatoms. The van der Waals surface area contributed by atoms with Crippen LogP contribution in [0.1, 0.15) is 38.8 Å². The van der Waals surface area contributed by atoms with E-state index in [1.807, 2.05) is 18.2 Å². The van der Waals surface area contributed by atoms with Gasteiger partial charge in [-0.05, 0) is 50.6 Å². The van der Waals surface area contributed by atoms with E-state index >= 15 is 0 Å². The van der Waals surface area contributed by atoms with Crippen molar-refractivity contribution in [1.29, 1.82) is 0 Å². The van der Waals surface area contributed by atoms with Gasteiger partial charge in [0.05, 0.1) is 0 Å². The zero-order valence-electron chi connectivity index (χ0n) is 11.3. The molecule has 2 N–H and O–H groups in total. The van der Waals surface area contributed by atoms with Crippen LogP contribution in [0.4, 0.5) is 0 Å². The van der Waals surface area contributed by atoms with Crippen LogP contribution in [0, 0.1) is 0 Å². The minimum atomic E-state index is 0.207. The van der Waals surface area contributed by atoms with Gasteiger partial charge < -0.3 is 5.73 Å². The fraction of sp³-hybridized carbons (Fsp3) is 0.571. The molecule has 1 unspecified atom stereocenters. The number of nitrogens with zero attached hydrogens (tertiary/aromatic N) is 1. The molecule has 102 valence electrons. The highest BCUT2D eigenvalue weighted by molar-refractivity contribution is 9.10. The average molecular weight is 334 g/mol. The normalized spacial score (nSPS) is 13.3. The first-order chi connectivity index (χ1) is 8.51. The second-order valence-corrected chi connectivity index (χ2v) is 6.04. The summed E-state index contributed by atoms with van der Waals surface area (Å²) >= 11 is 9.70.